The molecule has 2 atom stereocenters. The molecule has 2 aromatic carbocycles. The fourth-order valence-corrected chi connectivity index (χ4v) is 5.68. The van der Waals surface area contributed by atoms with Gasteiger partial charge in [-0.15, -0.1) is 0 Å². The number of ether oxygens (including phenoxy) is 2. The lowest BCUT2D eigenvalue weighted by Crippen LogP contribution is -2.53. The summed E-state index contributed by atoms with van der Waals surface area (Å²) in [5.74, 6) is 0.825. The zero-order valence-electron chi connectivity index (χ0n) is 19.0. The van der Waals surface area contributed by atoms with E-state index in [0.717, 1.165) is 55.6 Å². The van der Waals surface area contributed by atoms with E-state index in [1.807, 2.05) is 18.2 Å². The van der Waals surface area contributed by atoms with Crippen LogP contribution in [0.25, 0.3) is 11.1 Å². The monoisotopic (exact) mass is 438 g/mol. The summed E-state index contributed by atoms with van der Waals surface area (Å²) in [6.07, 6.45) is 2.67. The highest BCUT2D eigenvalue weighted by Crippen LogP contribution is 2.46. The highest BCUT2D eigenvalue weighted by molar-refractivity contribution is 5.71. The number of fused-ring (bicyclic) bond motifs is 4. The van der Waals surface area contributed by atoms with Crippen LogP contribution in [0.1, 0.15) is 43.9 Å². The summed E-state index contributed by atoms with van der Waals surface area (Å²) in [4.78, 5) is 15.2. The number of carbonyl (C=O) groups excluding carboxylic acids is 1. The van der Waals surface area contributed by atoms with Gasteiger partial charge in [0.25, 0.3) is 0 Å². The van der Waals surface area contributed by atoms with E-state index < -0.39 is 0 Å². The Labute approximate surface area is 188 Å². The van der Waals surface area contributed by atoms with Crippen molar-refractivity contribution >= 4 is 6.09 Å². The van der Waals surface area contributed by atoms with Crippen LogP contribution >= 0.6 is 0 Å². The minimum Gasteiger partial charge on any atom is -0.497 e. The molecule has 0 aromatic heterocycles. The molecule has 6 heteroatoms. The van der Waals surface area contributed by atoms with Gasteiger partial charge in [0.05, 0.1) is 13.2 Å². The number of benzene rings is 2. The number of alkyl carbamates (subject to hydrolysis) is 1. The summed E-state index contributed by atoms with van der Waals surface area (Å²) in [6.45, 7) is 7.38. The number of rotatable bonds is 4. The number of nitrogens with zero attached hydrogens (tertiary/aromatic N) is 1. The SMILES string of the molecule is COc1ccc(F)c(-c2ccc3c(c2)CC(C)(C)C3NC(=O)O[C@H]2CN3CCC2CC3)c1. The molecule has 4 aliphatic rings. The molecular weight excluding hydrogens is 407 g/mol. The van der Waals surface area contributed by atoms with Gasteiger partial charge in [0.1, 0.15) is 17.7 Å². The number of halogens is 1. The molecule has 3 heterocycles. The largest absolute Gasteiger partial charge is 0.497 e. The van der Waals surface area contributed by atoms with Crippen molar-refractivity contribution in [1.82, 2.24) is 10.2 Å². The second-order valence-electron chi connectivity index (χ2n) is 10.1. The molecule has 170 valence electrons. The number of hydrogen-bond acceptors (Lipinski definition) is 4. The quantitative estimate of drug-likeness (QED) is 0.734. The topological polar surface area (TPSA) is 50.8 Å². The number of piperidine rings is 3. The molecule has 3 aliphatic heterocycles. The van der Waals surface area contributed by atoms with Crippen LogP contribution in [0.15, 0.2) is 36.4 Å². The normalized spacial score (nSPS) is 27.6. The average molecular weight is 439 g/mol. The van der Waals surface area contributed by atoms with Crippen molar-refractivity contribution in [1.29, 1.82) is 0 Å². The first-order valence-corrected chi connectivity index (χ1v) is 11.5. The first kappa shape index (κ1) is 21.3. The number of methoxy groups -OCH3 is 1. The minimum atomic E-state index is -0.336. The van der Waals surface area contributed by atoms with Gasteiger partial charge in [0.15, 0.2) is 0 Å². The van der Waals surface area contributed by atoms with Crippen LogP contribution in [0.4, 0.5) is 9.18 Å². The zero-order chi connectivity index (χ0) is 22.5. The van der Waals surface area contributed by atoms with Crippen LogP contribution in [0.2, 0.25) is 0 Å². The third-order valence-electron chi connectivity index (χ3n) is 7.48. The molecular formula is C26H31FN2O3. The average Bonchev–Trinajstić information content (AvgIpc) is 3.03. The number of hydrogen-bond donors (Lipinski definition) is 1. The van der Waals surface area contributed by atoms with Crippen LogP contribution in [0.5, 0.6) is 5.75 Å². The van der Waals surface area contributed by atoms with Crippen molar-refractivity contribution in [2.75, 3.05) is 26.7 Å². The van der Waals surface area contributed by atoms with Crippen LogP contribution in [-0.2, 0) is 11.2 Å². The van der Waals surface area contributed by atoms with Gasteiger partial charge in [-0.1, -0.05) is 32.0 Å². The molecule has 3 fully saturated rings. The van der Waals surface area contributed by atoms with E-state index >= 15 is 0 Å². The standard InChI is InChI=1S/C26H31FN2O3/c1-26(2)14-18-12-17(21-13-19(31-3)5-7-22(21)27)4-6-20(18)24(26)28-25(30)32-23-15-29-10-8-16(23)9-11-29/h4-7,12-13,16,23-24H,8-11,14-15H2,1-3H3,(H,28,30)/t23-,24?/m0/s1. The molecule has 1 unspecified atom stereocenters. The Bertz CT molecular complexity index is 1030. The molecule has 1 aliphatic carbocycles. The number of nitrogens with one attached hydrogen (secondary N) is 1. The second kappa shape index (κ2) is 8.07. The molecule has 32 heavy (non-hydrogen) atoms. The van der Waals surface area contributed by atoms with E-state index in [-0.39, 0.29) is 29.5 Å². The lowest BCUT2D eigenvalue weighted by Gasteiger charge is -2.44. The summed E-state index contributed by atoms with van der Waals surface area (Å²) < 4.78 is 25.6. The van der Waals surface area contributed by atoms with Gasteiger partial charge < -0.3 is 14.8 Å². The Morgan fingerprint density at radius 2 is 1.94 bits per heavy atom. The van der Waals surface area contributed by atoms with Crippen LogP contribution in [0.3, 0.4) is 0 Å². The highest BCUT2D eigenvalue weighted by Gasteiger charge is 2.42. The van der Waals surface area contributed by atoms with Crippen molar-refractivity contribution in [3.05, 3.63) is 53.3 Å². The van der Waals surface area contributed by atoms with E-state index in [1.54, 1.807) is 19.2 Å². The van der Waals surface area contributed by atoms with Gasteiger partial charge in [-0.25, -0.2) is 9.18 Å². The number of amides is 1. The lowest BCUT2D eigenvalue weighted by atomic mass is 9.85. The van der Waals surface area contributed by atoms with E-state index in [4.69, 9.17) is 9.47 Å². The Morgan fingerprint density at radius 1 is 1.16 bits per heavy atom. The summed E-state index contributed by atoms with van der Waals surface area (Å²) >= 11 is 0. The maximum absolute atomic E-state index is 14.5. The maximum atomic E-state index is 14.5. The third kappa shape index (κ3) is 3.85. The Morgan fingerprint density at radius 3 is 2.62 bits per heavy atom. The van der Waals surface area contributed by atoms with Crippen molar-refractivity contribution < 1.29 is 18.7 Å². The van der Waals surface area contributed by atoms with Gasteiger partial charge in [-0.05, 0) is 78.6 Å². The van der Waals surface area contributed by atoms with E-state index in [9.17, 15) is 9.18 Å². The summed E-state index contributed by atoms with van der Waals surface area (Å²) in [6, 6.07) is 10.6. The van der Waals surface area contributed by atoms with E-state index in [1.165, 1.54) is 6.07 Å². The molecule has 3 saturated heterocycles. The van der Waals surface area contributed by atoms with E-state index in [2.05, 4.69) is 24.1 Å². The second-order valence-corrected chi connectivity index (χ2v) is 10.1. The van der Waals surface area contributed by atoms with Gasteiger partial charge >= 0.3 is 6.09 Å². The predicted molar refractivity (Wildman–Crippen MR) is 121 cm³/mol. The summed E-state index contributed by atoms with van der Waals surface area (Å²) in [5, 5.41) is 3.15. The van der Waals surface area contributed by atoms with Gasteiger partial charge in [0, 0.05) is 12.1 Å². The fraction of sp³-hybridized carbons (Fsp3) is 0.500. The predicted octanol–water partition coefficient (Wildman–Crippen LogP) is 4.95. The van der Waals surface area contributed by atoms with Crippen molar-refractivity contribution in [2.45, 2.75) is 45.3 Å². The molecule has 6 rings (SSSR count). The van der Waals surface area contributed by atoms with Gasteiger partial charge in [-0.3, -0.25) is 4.90 Å². The summed E-state index contributed by atoms with van der Waals surface area (Å²) in [5.41, 5.74) is 3.37. The minimum absolute atomic E-state index is 0.0140. The van der Waals surface area contributed by atoms with Gasteiger partial charge in [0.2, 0.25) is 0 Å². The Kier molecular flexibility index (Phi) is 5.36. The first-order chi connectivity index (χ1) is 15.3. The Hall–Kier alpha value is -2.60. The number of carbonyl (C=O) groups is 1. The molecule has 1 amide bonds. The Balaban J connectivity index is 1.35. The maximum Gasteiger partial charge on any atom is 0.407 e. The summed E-state index contributed by atoms with van der Waals surface area (Å²) in [7, 11) is 1.58. The molecule has 2 bridgehead atoms. The first-order valence-electron chi connectivity index (χ1n) is 11.5. The van der Waals surface area contributed by atoms with Crippen molar-refractivity contribution in [2.24, 2.45) is 11.3 Å². The van der Waals surface area contributed by atoms with E-state index in [0.29, 0.717) is 17.2 Å². The molecule has 1 N–H and O–H groups in total. The van der Waals surface area contributed by atoms with Crippen LogP contribution in [-0.4, -0.2) is 43.8 Å². The molecule has 0 saturated carbocycles. The molecule has 0 spiro atoms. The van der Waals surface area contributed by atoms with Gasteiger partial charge in [-0.2, -0.15) is 0 Å². The highest BCUT2D eigenvalue weighted by atomic mass is 19.1. The smallest absolute Gasteiger partial charge is 0.407 e. The molecule has 5 nitrogen and oxygen atoms in total. The zero-order valence-corrected chi connectivity index (χ0v) is 19.0. The third-order valence-corrected chi connectivity index (χ3v) is 7.48. The lowest BCUT2D eigenvalue weighted by molar-refractivity contribution is -0.0348. The van der Waals surface area contributed by atoms with Crippen LogP contribution in [0, 0.1) is 17.2 Å². The van der Waals surface area contributed by atoms with Crippen molar-refractivity contribution in [3.8, 4) is 16.9 Å². The van der Waals surface area contributed by atoms with Crippen molar-refractivity contribution in [3.63, 3.8) is 0 Å². The van der Waals surface area contributed by atoms with Crippen LogP contribution < -0.4 is 10.1 Å². The molecule has 2 aromatic rings. The molecule has 0 radical (unpaired) electrons. The fourth-order valence-electron chi connectivity index (χ4n) is 5.68.